The van der Waals surface area contributed by atoms with Crippen LogP contribution in [-0.2, 0) is 6.54 Å². The van der Waals surface area contributed by atoms with Gasteiger partial charge in [-0.25, -0.2) is 9.97 Å². The second kappa shape index (κ2) is 7.81. The molecule has 0 radical (unpaired) electrons. The molecule has 1 saturated heterocycles. The summed E-state index contributed by atoms with van der Waals surface area (Å²) in [4.78, 5) is 16.4. The molecule has 128 valence electrons. The van der Waals surface area contributed by atoms with Crippen LogP contribution in [-0.4, -0.2) is 42.1 Å². The Morgan fingerprint density at radius 1 is 1.50 bits per heavy atom. The number of rotatable bonds is 4. The fourth-order valence-electron chi connectivity index (χ4n) is 2.73. The first-order valence-corrected chi connectivity index (χ1v) is 9.14. The van der Waals surface area contributed by atoms with Gasteiger partial charge < -0.3 is 15.5 Å². The Morgan fingerprint density at radius 3 is 3.08 bits per heavy atom. The number of aliphatic imine (C=N–C) groups is 1. The first-order chi connectivity index (χ1) is 11.7. The maximum atomic E-state index is 6.24. The Balaban J connectivity index is 1.54. The van der Waals surface area contributed by atoms with Crippen molar-refractivity contribution in [3.8, 4) is 0 Å². The number of pyridine rings is 1. The van der Waals surface area contributed by atoms with Crippen molar-refractivity contribution in [2.24, 2.45) is 4.99 Å². The fraction of sp³-hybridized carbons (Fsp3) is 0.438. The predicted molar refractivity (Wildman–Crippen MR) is 100 cm³/mol. The normalized spacial score (nSPS) is 18.0. The second-order valence-electron chi connectivity index (χ2n) is 5.67. The smallest absolute Gasteiger partial charge is 0.191 e. The Bertz CT molecular complexity index is 716. The minimum absolute atomic E-state index is 0.317. The van der Waals surface area contributed by atoms with Crippen LogP contribution in [0.3, 0.4) is 0 Å². The number of guanidine groups is 1. The van der Waals surface area contributed by atoms with E-state index >= 15 is 0 Å². The summed E-state index contributed by atoms with van der Waals surface area (Å²) in [7, 11) is 1.79. The topological polar surface area (TPSA) is 65.4 Å². The molecule has 3 heterocycles. The van der Waals surface area contributed by atoms with E-state index in [1.165, 1.54) is 4.88 Å². The number of anilines is 1. The van der Waals surface area contributed by atoms with E-state index < -0.39 is 0 Å². The lowest BCUT2D eigenvalue weighted by Gasteiger charge is -2.20. The quantitative estimate of drug-likeness (QED) is 0.644. The lowest BCUT2D eigenvalue weighted by molar-refractivity contribution is 0.648. The summed E-state index contributed by atoms with van der Waals surface area (Å²) in [5, 5.41) is 7.53. The Labute approximate surface area is 151 Å². The van der Waals surface area contributed by atoms with Crippen LogP contribution in [0.15, 0.2) is 28.8 Å². The average molecular weight is 365 g/mol. The van der Waals surface area contributed by atoms with Crippen LogP contribution in [0, 0.1) is 6.92 Å². The van der Waals surface area contributed by atoms with E-state index in [0.717, 1.165) is 43.5 Å². The van der Waals surface area contributed by atoms with Gasteiger partial charge in [0, 0.05) is 37.3 Å². The zero-order valence-corrected chi connectivity index (χ0v) is 15.4. The van der Waals surface area contributed by atoms with Crippen LogP contribution in [0.1, 0.15) is 17.0 Å². The van der Waals surface area contributed by atoms with E-state index in [0.29, 0.717) is 11.1 Å². The molecule has 6 nitrogen and oxygen atoms in total. The van der Waals surface area contributed by atoms with Gasteiger partial charge in [-0.1, -0.05) is 11.6 Å². The van der Waals surface area contributed by atoms with Gasteiger partial charge in [0.15, 0.2) is 5.96 Å². The van der Waals surface area contributed by atoms with Gasteiger partial charge in [0.1, 0.15) is 5.82 Å². The van der Waals surface area contributed by atoms with Crippen molar-refractivity contribution in [2.75, 3.05) is 25.0 Å². The average Bonchev–Trinajstić information content (AvgIpc) is 3.21. The maximum Gasteiger partial charge on any atom is 0.191 e. The minimum atomic E-state index is 0.317. The maximum absolute atomic E-state index is 6.24. The second-order valence-corrected chi connectivity index (χ2v) is 7.02. The molecule has 0 aromatic carbocycles. The molecule has 0 saturated carbocycles. The minimum Gasteiger partial charge on any atom is -0.353 e. The number of nitrogens with one attached hydrogen (secondary N) is 2. The van der Waals surface area contributed by atoms with E-state index in [2.05, 4.69) is 30.5 Å². The summed E-state index contributed by atoms with van der Waals surface area (Å²) in [6.07, 6.45) is 2.80. The number of hydrogen-bond donors (Lipinski definition) is 2. The first kappa shape index (κ1) is 17.0. The van der Waals surface area contributed by atoms with Gasteiger partial charge in [0.2, 0.25) is 0 Å². The predicted octanol–water partition coefficient (Wildman–Crippen LogP) is 2.44. The molecule has 2 N–H and O–H groups in total. The third-order valence-electron chi connectivity index (χ3n) is 4.05. The SMILES string of the molecule is CN=C(NCc1scnc1C)NC1CCN(c2ncccc2Cl)C1. The molecule has 2 aromatic heterocycles. The summed E-state index contributed by atoms with van der Waals surface area (Å²) >= 11 is 7.90. The standard InChI is InChI=1S/C16H21ClN6S/c1-11-14(24-10-21-11)8-20-16(18-2)22-12-5-7-23(9-12)15-13(17)4-3-6-19-15/h3-4,6,10,12H,5,7-9H2,1-2H3,(H2,18,20,22). The fourth-order valence-corrected chi connectivity index (χ4v) is 3.69. The zero-order chi connectivity index (χ0) is 16.9. The zero-order valence-electron chi connectivity index (χ0n) is 13.8. The van der Waals surface area contributed by atoms with Gasteiger partial charge in [-0.2, -0.15) is 0 Å². The van der Waals surface area contributed by atoms with E-state index in [4.69, 9.17) is 11.6 Å². The summed E-state index contributed by atoms with van der Waals surface area (Å²) in [5.41, 5.74) is 2.94. The van der Waals surface area contributed by atoms with Crippen molar-refractivity contribution in [3.63, 3.8) is 0 Å². The molecule has 0 bridgehead atoms. The van der Waals surface area contributed by atoms with Gasteiger partial charge in [0.25, 0.3) is 0 Å². The van der Waals surface area contributed by atoms with Crippen molar-refractivity contribution >= 4 is 34.7 Å². The summed E-state index contributed by atoms with van der Waals surface area (Å²) < 4.78 is 0. The van der Waals surface area contributed by atoms with Crippen molar-refractivity contribution < 1.29 is 0 Å². The molecule has 1 fully saturated rings. The monoisotopic (exact) mass is 364 g/mol. The number of halogens is 1. The lowest BCUT2D eigenvalue weighted by atomic mass is 10.3. The van der Waals surface area contributed by atoms with Gasteiger partial charge in [-0.15, -0.1) is 11.3 Å². The van der Waals surface area contributed by atoms with Gasteiger partial charge in [0.05, 0.1) is 22.8 Å². The van der Waals surface area contributed by atoms with E-state index in [1.807, 2.05) is 24.6 Å². The Hall–Kier alpha value is -1.86. The molecule has 1 aliphatic heterocycles. The number of thiazole rings is 1. The van der Waals surface area contributed by atoms with Gasteiger partial charge in [-0.3, -0.25) is 4.99 Å². The number of aryl methyl sites for hydroxylation is 1. The van der Waals surface area contributed by atoms with Crippen molar-refractivity contribution in [2.45, 2.75) is 25.9 Å². The molecule has 0 amide bonds. The van der Waals surface area contributed by atoms with Crippen LogP contribution < -0.4 is 15.5 Å². The largest absolute Gasteiger partial charge is 0.353 e. The van der Waals surface area contributed by atoms with E-state index in [-0.39, 0.29) is 0 Å². The van der Waals surface area contributed by atoms with Crippen LogP contribution in [0.25, 0.3) is 0 Å². The highest BCUT2D eigenvalue weighted by Gasteiger charge is 2.25. The molecular formula is C16H21ClN6S. The molecule has 0 spiro atoms. The molecule has 1 unspecified atom stereocenters. The molecule has 3 rings (SSSR count). The van der Waals surface area contributed by atoms with E-state index in [1.54, 1.807) is 24.6 Å². The highest BCUT2D eigenvalue weighted by molar-refractivity contribution is 7.09. The number of hydrogen-bond acceptors (Lipinski definition) is 5. The molecular weight excluding hydrogens is 344 g/mol. The van der Waals surface area contributed by atoms with Crippen molar-refractivity contribution in [3.05, 3.63) is 39.4 Å². The Kier molecular flexibility index (Phi) is 5.52. The van der Waals surface area contributed by atoms with Crippen LogP contribution in [0.5, 0.6) is 0 Å². The van der Waals surface area contributed by atoms with E-state index in [9.17, 15) is 0 Å². The Morgan fingerprint density at radius 2 is 2.38 bits per heavy atom. The molecule has 8 heteroatoms. The molecule has 0 aliphatic carbocycles. The molecule has 2 aromatic rings. The van der Waals surface area contributed by atoms with Crippen LogP contribution >= 0.6 is 22.9 Å². The van der Waals surface area contributed by atoms with Crippen LogP contribution in [0.4, 0.5) is 5.82 Å². The van der Waals surface area contributed by atoms with Gasteiger partial charge in [-0.05, 0) is 25.5 Å². The third-order valence-corrected chi connectivity index (χ3v) is 5.28. The third kappa shape index (κ3) is 3.96. The molecule has 1 aliphatic rings. The lowest BCUT2D eigenvalue weighted by Crippen LogP contribution is -2.44. The highest BCUT2D eigenvalue weighted by atomic mass is 35.5. The van der Waals surface area contributed by atoms with Crippen molar-refractivity contribution in [1.29, 1.82) is 0 Å². The highest BCUT2D eigenvalue weighted by Crippen LogP contribution is 2.25. The summed E-state index contributed by atoms with van der Waals surface area (Å²) in [5.74, 6) is 1.66. The molecule has 24 heavy (non-hydrogen) atoms. The summed E-state index contributed by atoms with van der Waals surface area (Å²) in [6, 6.07) is 4.05. The molecule has 1 atom stereocenters. The first-order valence-electron chi connectivity index (χ1n) is 7.89. The van der Waals surface area contributed by atoms with Crippen molar-refractivity contribution in [1.82, 2.24) is 20.6 Å². The number of nitrogens with zero attached hydrogens (tertiary/aromatic N) is 4. The van der Waals surface area contributed by atoms with Gasteiger partial charge >= 0.3 is 0 Å². The summed E-state index contributed by atoms with van der Waals surface area (Å²) in [6.45, 7) is 4.55. The van der Waals surface area contributed by atoms with Crippen LogP contribution in [0.2, 0.25) is 5.02 Å². The number of aromatic nitrogens is 2.